The Morgan fingerprint density at radius 2 is 1.77 bits per heavy atom. The Morgan fingerprint density at radius 1 is 1.23 bits per heavy atom. The highest BCUT2D eigenvalue weighted by Crippen LogP contribution is 2.29. The van der Waals surface area contributed by atoms with Crippen molar-refractivity contribution in [1.82, 2.24) is 5.16 Å². The van der Waals surface area contributed by atoms with Gasteiger partial charge < -0.3 is 4.52 Å². The minimum Gasteiger partial charge on any atom is -0.360 e. The van der Waals surface area contributed by atoms with Crippen LogP contribution in [-0.4, -0.2) is 5.16 Å². The fraction of sp³-hybridized carbons (Fsp3) is 0.727. The van der Waals surface area contributed by atoms with Crippen LogP contribution in [0.5, 0.6) is 0 Å². The van der Waals surface area contributed by atoms with Crippen molar-refractivity contribution in [3.8, 4) is 0 Å². The fourth-order valence-electron chi connectivity index (χ4n) is 1.59. The molecule has 74 valence electrons. The summed E-state index contributed by atoms with van der Waals surface area (Å²) in [7, 11) is 0. The van der Waals surface area contributed by atoms with Crippen LogP contribution in [0.1, 0.15) is 57.6 Å². The van der Waals surface area contributed by atoms with Crippen molar-refractivity contribution >= 4 is 0 Å². The van der Waals surface area contributed by atoms with E-state index in [1.54, 1.807) is 0 Å². The van der Waals surface area contributed by atoms with Gasteiger partial charge in [0.2, 0.25) is 0 Å². The third-order valence-electron chi connectivity index (χ3n) is 2.19. The van der Waals surface area contributed by atoms with Crippen LogP contribution in [0.15, 0.2) is 4.52 Å². The standard InChI is InChI=1S/C11H19NO/c1-7(2)9-8(3)10(13-12-9)11(4,5)6/h7H,1-6H3. The van der Waals surface area contributed by atoms with Crippen LogP contribution >= 0.6 is 0 Å². The molecule has 2 heteroatoms. The van der Waals surface area contributed by atoms with Crippen molar-refractivity contribution in [3.05, 3.63) is 17.0 Å². The van der Waals surface area contributed by atoms with E-state index in [1.807, 2.05) is 0 Å². The average molecular weight is 181 g/mol. The zero-order valence-electron chi connectivity index (χ0n) is 9.43. The predicted molar refractivity (Wildman–Crippen MR) is 54.0 cm³/mol. The van der Waals surface area contributed by atoms with Gasteiger partial charge in [-0.2, -0.15) is 0 Å². The summed E-state index contributed by atoms with van der Waals surface area (Å²) in [5, 5.41) is 4.11. The molecule has 0 fully saturated rings. The second kappa shape index (κ2) is 3.17. The van der Waals surface area contributed by atoms with Crippen LogP contribution in [0.2, 0.25) is 0 Å². The molecule has 0 N–H and O–H groups in total. The number of aromatic nitrogens is 1. The molecule has 0 aromatic carbocycles. The monoisotopic (exact) mass is 181 g/mol. The van der Waals surface area contributed by atoms with Gasteiger partial charge in [0.1, 0.15) is 5.76 Å². The molecule has 0 bridgehead atoms. The Hall–Kier alpha value is -0.790. The van der Waals surface area contributed by atoms with Gasteiger partial charge in [-0.15, -0.1) is 0 Å². The second-order valence-electron chi connectivity index (χ2n) is 4.93. The summed E-state index contributed by atoms with van der Waals surface area (Å²) in [6.07, 6.45) is 0. The van der Waals surface area contributed by atoms with E-state index in [2.05, 4.69) is 46.7 Å². The molecule has 0 amide bonds. The van der Waals surface area contributed by atoms with Gasteiger partial charge in [-0.3, -0.25) is 0 Å². The summed E-state index contributed by atoms with van der Waals surface area (Å²) in [6.45, 7) is 12.8. The summed E-state index contributed by atoms with van der Waals surface area (Å²) in [5.41, 5.74) is 2.36. The maximum absolute atomic E-state index is 5.37. The Kier molecular flexibility index (Phi) is 2.51. The van der Waals surface area contributed by atoms with E-state index < -0.39 is 0 Å². The summed E-state index contributed by atoms with van der Waals surface area (Å²) < 4.78 is 5.37. The van der Waals surface area contributed by atoms with Crippen molar-refractivity contribution in [2.75, 3.05) is 0 Å². The predicted octanol–water partition coefficient (Wildman–Crippen LogP) is 3.40. The molecule has 1 rings (SSSR count). The fourth-order valence-corrected chi connectivity index (χ4v) is 1.59. The molecule has 0 spiro atoms. The minimum atomic E-state index is 0.0597. The topological polar surface area (TPSA) is 26.0 Å². The van der Waals surface area contributed by atoms with Crippen molar-refractivity contribution in [3.63, 3.8) is 0 Å². The van der Waals surface area contributed by atoms with Crippen molar-refractivity contribution in [2.45, 2.75) is 52.9 Å². The Morgan fingerprint density at radius 3 is 2.00 bits per heavy atom. The first-order valence-corrected chi connectivity index (χ1v) is 4.80. The lowest BCUT2D eigenvalue weighted by atomic mass is 9.89. The molecule has 0 aliphatic carbocycles. The number of rotatable bonds is 1. The summed E-state index contributed by atoms with van der Waals surface area (Å²) >= 11 is 0. The van der Waals surface area contributed by atoms with Crippen molar-refractivity contribution in [2.24, 2.45) is 0 Å². The maximum atomic E-state index is 5.37. The van der Waals surface area contributed by atoms with Crippen molar-refractivity contribution < 1.29 is 4.52 Å². The van der Waals surface area contributed by atoms with Gasteiger partial charge in [0.15, 0.2) is 0 Å². The molecule has 1 heterocycles. The molecule has 0 atom stereocenters. The van der Waals surface area contributed by atoms with E-state index in [0.29, 0.717) is 5.92 Å². The lowest BCUT2D eigenvalue weighted by Gasteiger charge is -2.14. The van der Waals surface area contributed by atoms with Crippen LogP contribution < -0.4 is 0 Å². The first-order valence-electron chi connectivity index (χ1n) is 4.80. The Labute approximate surface area is 80.3 Å². The zero-order chi connectivity index (χ0) is 10.2. The van der Waals surface area contributed by atoms with E-state index in [9.17, 15) is 0 Å². The van der Waals surface area contributed by atoms with Crippen LogP contribution in [-0.2, 0) is 5.41 Å². The average Bonchev–Trinajstić information content (AvgIpc) is 2.28. The highest BCUT2D eigenvalue weighted by atomic mass is 16.5. The molecule has 1 aromatic heterocycles. The molecule has 0 radical (unpaired) electrons. The van der Waals surface area contributed by atoms with Gasteiger partial charge in [0, 0.05) is 11.0 Å². The van der Waals surface area contributed by atoms with Gasteiger partial charge in [-0.05, 0) is 12.8 Å². The Balaban J connectivity index is 3.14. The molecule has 0 unspecified atom stereocenters. The summed E-state index contributed by atoms with van der Waals surface area (Å²) in [5.74, 6) is 1.45. The lowest BCUT2D eigenvalue weighted by molar-refractivity contribution is 0.323. The number of hydrogen-bond donors (Lipinski definition) is 0. The third kappa shape index (κ3) is 1.93. The zero-order valence-corrected chi connectivity index (χ0v) is 9.43. The van der Waals surface area contributed by atoms with Gasteiger partial charge in [0.05, 0.1) is 5.69 Å². The molecule has 1 aromatic rings. The van der Waals surface area contributed by atoms with Crippen molar-refractivity contribution in [1.29, 1.82) is 0 Å². The van der Waals surface area contributed by atoms with Crippen LogP contribution in [0.3, 0.4) is 0 Å². The van der Waals surface area contributed by atoms with E-state index >= 15 is 0 Å². The molecular formula is C11H19NO. The van der Waals surface area contributed by atoms with Crippen LogP contribution in [0.4, 0.5) is 0 Å². The quantitative estimate of drug-likeness (QED) is 0.663. The normalized spacial score (nSPS) is 12.5. The van der Waals surface area contributed by atoms with E-state index in [4.69, 9.17) is 4.52 Å². The largest absolute Gasteiger partial charge is 0.360 e. The van der Waals surface area contributed by atoms with Gasteiger partial charge in [0.25, 0.3) is 0 Å². The minimum absolute atomic E-state index is 0.0597. The number of nitrogens with zero attached hydrogens (tertiary/aromatic N) is 1. The number of hydrogen-bond acceptors (Lipinski definition) is 2. The molecule has 0 saturated carbocycles. The summed E-state index contributed by atoms with van der Waals surface area (Å²) in [4.78, 5) is 0. The van der Waals surface area contributed by atoms with E-state index in [0.717, 1.165) is 11.5 Å². The van der Waals surface area contributed by atoms with Crippen LogP contribution in [0, 0.1) is 6.92 Å². The molecule has 13 heavy (non-hydrogen) atoms. The molecular weight excluding hydrogens is 162 g/mol. The SMILES string of the molecule is Cc1c(C(C)C)noc1C(C)(C)C. The molecule has 0 aliphatic rings. The van der Waals surface area contributed by atoms with Gasteiger partial charge in [-0.25, -0.2) is 0 Å². The summed E-state index contributed by atoms with van der Waals surface area (Å²) in [6, 6.07) is 0. The third-order valence-corrected chi connectivity index (χ3v) is 2.19. The smallest absolute Gasteiger partial charge is 0.145 e. The molecule has 2 nitrogen and oxygen atoms in total. The van der Waals surface area contributed by atoms with E-state index in [-0.39, 0.29) is 5.41 Å². The highest BCUT2D eigenvalue weighted by molar-refractivity contribution is 5.27. The van der Waals surface area contributed by atoms with Crippen LogP contribution in [0.25, 0.3) is 0 Å². The van der Waals surface area contributed by atoms with E-state index in [1.165, 1.54) is 5.56 Å². The molecule has 0 saturated heterocycles. The lowest BCUT2D eigenvalue weighted by Crippen LogP contribution is -2.11. The molecule has 0 aliphatic heterocycles. The Bertz CT molecular complexity index is 292. The maximum Gasteiger partial charge on any atom is 0.145 e. The highest BCUT2D eigenvalue weighted by Gasteiger charge is 2.24. The first kappa shape index (κ1) is 10.3. The van der Waals surface area contributed by atoms with Gasteiger partial charge in [-0.1, -0.05) is 39.8 Å². The second-order valence-corrected chi connectivity index (χ2v) is 4.93. The van der Waals surface area contributed by atoms with Gasteiger partial charge >= 0.3 is 0 Å². The first-order chi connectivity index (χ1) is 5.84.